The van der Waals surface area contributed by atoms with E-state index in [2.05, 4.69) is 42.8 Å². The molecule has 4 nitrogen and oxygen atoms in total. The van der Waals surface area contributed by atoms with Gasteiger partial charge in [-0.3, -0.25) is 9.78 Å². The molecule has 4 heteroatoms. The Morgan fingerprint density at radius 1 is 1.27 bits per heavy atom. The lowest BCUT2D eigenvalue weighted by molar-refractivity contribution is 0.0690. The number of piperidine rings is 1. The third-order valence-electron chi connectivity index (χ3n) is 5.07. The van der Waals surface area contributed by atoms with Gasteiger partial charge in [0.25, 0.3) is 5.91 Å². The van der Waals surface area contributed by atoms with Crippen molar-refractivity contribution in [3.8, 4) is 0 Å². The first-order valence-electron chi connectivity index (χ1n) is 9.59. The van der Waals surface area contributed by atoms with E-state index in [0.29, 0.717) is 18.0 Å². The number of carbonyl (C=O) groups excluding carboxylic acids is 1. The van der Waals surface area contributed by atoms with Crippen LogP contribution in [0.15, 0.2) is 48.8 Å². The minimum absolute atomic E-state index is 0.0447. The Labute approximate surface area is 156 Å². The average molecular weight is 351 g/mol. The van der Waals surface area contributed by atoms with Crippen LogP contribution in [0, 0.1) is 5.92 Å². The van der Waals surface area contributed by atoms with Crippen LogP contribution in [0.3, 0.4) is 0 Å². The third kappa shape index (κ3) is 4.43. The first-order chi connectivity index (χ1) is 12.5. The minimum Gasteiger partial charge on any atom is -0.370 e. The van der Waals surface area contributed by atoms with Gasteiger partial charge in [-0.2, -0.15) is 0 Å². The Morgan fingerprint density at radius 3 is 2.73 bits per heavy atom. The number of rotatable bonds is 5. The summed E-state index contributed by atoms with van der Waals surface area (Å²) in [6.45, 7) is 9.10. The first kappa shape index (κ1) is 18.4. The van der Waals surface area contributed by atoms with Crippen molar-refractivity contribution in [3.05, 3.63) is 59.9 Å². The summed E-state index contributed by atoms with van der Waals surface area (Å²) in [7, 11) is 0. The largest absolute Gasteiger partial charge is 0.370 e. The average Bonchev–Trinajstić information content (AvgIpc) is 2.66. The summed E-state index contributed by atoms with van der Waals surface area (Å²) in [4.78, 5) is 21.8. The summed E-state index contributed by atoms with van der Waals surface area (Å²) in [6.07, 6.45) is 6.05. The number of pyridine rings is 1. The molecule has 1 aromatic carbocycles. The van der Waals surface area contributed by atoms with Crippen molar-refractivity contribution in [2.24, 2.45) is 5.92 Å². The summed E-state index contributed by atoms with van der Waals surface area (Å²) in [5.41, 5.74) is 2.87. The summed E-state index contributed by atoms with van der Waals surface area (Å²) in [6, 6.07) is 12.3. The highest BCUT2D eigenvalue weighted by Gasteiger charge is 2.22. The molecule has 138 valence electrons. The highest BCUT2D eigenvalue weighted by atomic mass is 16.2. The predicted molar refractivity (Wildman–Crippen MR) is 106 cm³/mol. The van der Waals surface area contributed by atoms with Gasteiger partial charge in [-0.15, -0.1) is 0 Å². The van der Waals surface area contributed by atoms with Gasteiger partial charge in [-0.25, -0.2) is 0 Å². The fraction of sp³-hybridized carbons (Fsp3) is 0.455. The normalized spacial score (nSPS) is 17.4. The summed E-state index contributed by atoms with van der Waals surface area (Å²) in [5.74, 6) is 0.733. The molecule has 0 saturated carbocycles. The van der Waals surface area contributed by atoms with Gasteiger partial charge < -0.3 is 9.80 Å². The molecule has 2 heterocycles. The van der Waals surface area contributed by atoms with Crippen molar-refractivity contribution >= 4 is 11.6 Å². The monoisotopic (exact) mass is 351 g/mol. The fourth-order valence-corrected chi connectivity index (χ4v) is 3.58. The van der Waals surface area contributed by atoms with Crippen molar-refractivity contribution < 1.29 is 4.79 Å². The SMILES string of the molecule is CC1CCCN(c2cncc(C(=O)N(Cc3ccccc3)C(C)C)c2)C1. The lowest BCUT2D eigenvalue weighted by Crippen LogP contribution is -2.37. The number of anilines is 1. The lowest BCUT2D eigenvalue weighted by Gasteiger charge is -2.33. The van der Waals surface area contributed by atoms with Crippen LogP contribution in [0.25, 0.3) is 0 Å². The smallest absolute Gasteiger partial charge is 0.256 e. The zero-order valence-corrected chi connectivity index (χ0v) is 16.1. The number of hydrogen-bond donors (Lipinski definition) is 0. The molecule has 3 rings (SSSR count). The number of amides is 1. The predicted octanol–water partition coefficient (Wildman–Crippen LogP) is 4.37. The molecule has 1 unspecified atom stereocenters. The van der Waals surface area contributed by atoms with Crippen molar-refractivity contribution in [2.75, 3.05) is 18.0 Å². The van der Waals surface area contributed by atoms with E-state index < -0.39 is 0 Å². The Morgan fingerprint density at radius 2 is 2.04 bits per heavy atom. The van der Waals surface area contributed by atoms with E-state index in [1.54, 1.807) is 6.20 Å². The summed E-state index contributed by atoms with van der Waals surface area (Å²) >= 11 is 0. The Balaban J connectivity index is 1.79. The van der Waals surface area contributed by atoms with Gasteiger partial charge in [0.15, 0.2) is 0 Å². The van der Waals surface area contributed by atoms with Crippen LogP contribution < -0.4 is 4.90 Å². The molecule has 1 aliphatic rings. The highest BCUT2D eigenvalue weighted by Crippen LogP contribution is 2.24. The summed E-state index contributed by atoms with van der Waals surface area (Å²) < 4.78 is 0. The van der Waals surface area contributed by atoms with Gasteiger partial charge in [0, 0.05) is 31.9 Å². The van der Waals surface area contributed by atoms with Crippen LogP contribution in [0.2, 0.25) is 0 Å². The maximum Gasteiger partial charge on any atom is 0.256 e. The van der Waals surface area contributed by atoms with Crippen molar-refractivity contribution in [1.29, 1.82) is 0 Å². The molecule has 1 aromatic heterocycles. The number of aromatic nitrogens is 1. The molecule has 1 aliphatic heterocycles. The molecular formula is C22H29N3O. The first-order valence-corrected chi connectivity index (χ1v) is 9.59. The molecular weight excluding hydrogens is 322 g/mol. The van der Waals surface area contributed by atoms with Crippen molar-refractivity contribution in [2.45, 2.75) is 46.2 Å². The zero-order valence-electron chi connectivity index (χ0n) is 16.1. The van der Waals surface area contributed by atoms with Crippen LogP contribution in [-0.4, -0.2) is 34.9 Å². The molecule has 0 N–H and O–H groups in total. The molecule has 0 aliphatic carbocycles. The molecule has 0 bridgehead atoms. The standard InChI is InChI=1S/C22H29N3O/c1-17(2)25(16-19-9-5-4-6-10-19)22(26)20-12-21(14-23-13-20)24-11-7-8-18(3)15-24/h4-6,9-10,12-14,17-18H,7-8,11,15-16H2,1-3H3. The maximum absolute atomic E-state index is 13.2. The van der Waals surface area contributed by atoms with Crippen LogP contribution in [0.1, 0.15) is 49.5 Å². The van der Waals surface area contributed by atoms with E-state index in [1.807, 2.05) is 35.4 Å². The third-order valence-corrected chi connectivity index (χ3v) is 5.07. The molecule has 1 atom stereocenters. The van der Waals surface area contributed by atoms with E-state index >= 15 is 0 Å². The van der Waals surface area contributed by atoms with Crippen molar-refractivity contribution in [3.63, 3.8) is 0 Å². The Bertz CT molecular complexity index is 729. The van der Waals surface area contributed by atoms with Gasteiger partial charge >= 0.3 is 0 Å². The zero-order chi connectivity index (χ0) is 18.5. The van der Waals surface area contributed by atoms with Gasteiger partial charge in [0.05, 0.1) is 17.4 Å². The maximum atomic E-state index is 13.2. The van der Waals surface area contributed by atoms with E-state index in [4.69, 9.17) is 0 Å². The highest BCUT2D eigenvalue weighted by molar-refractivity contribution is 5.95. The van der Waals surface area contributed by atoms with Gasteiger partial charge in [0.2, 0.25) is 0 Å². The Hall–Kier alpha value is -2.36. The summed E-state index contributed by atoms with van der Waals surface area (Å²) in [5, 5.41) is 0. The fourth-order valence-electron chi connectivity index (χ4n) is 3.58. The van der Waals surface area contributed by atoms with E-state index in [0.717, 1.165) is 24.3 Å². The van der Waals surface area contributed by atoms with E-state index in [9.17, 15) is 4.79 Å². The number of nitrogens with zero attached hydrogens (tertiary/aromatic N) is 3. The lowest BCUT2D eigenvalue weighted by atomic mass is 10.00. The van der Waals surface area contributed by atoms with Crippen LogP contribution in [-0.2, 0) is 6.54 Å². The molecule has 0 radical (unpaired) electrons. The van der Waals surface area contributed by atoms with Crippen molar-refractivity contribution in [1.82, 2.24) is 9.88 Å². The van der Waals surface area contributed by atoms with Gasteiger partial charge in [-0.1, -0.05) is 37.3 Å². The van der Waals surface area contributed by atoms with Crippen LogP contribution in [0.5, 0.6) is 0 Å². The van der Waals surface area contributed by atoms with Crippen LogP contribution >= 0.6 is 0 Å². The number of hydrogen-bond acceptors (Lipinski definition) is 3. The molecule has 2 aromatic rings. The second-order valence-corrected chi connectivity index (χ2v) is 7.64. The Kier molecular flexibility index (Phi) is 5.92. The van der Waals surface area contributed by atoms with E-state index in [1.165, 1.54) is 12.8 Å². The molecule has 26 heavy (non-hydrogen) atoms. The minimum atomic E-state index is 0.0447. The van der Waals surface area contributed by atoms with Gasteiger partial charge in [0.1, 0.15) is 0 Å². The molecule has 1 fully saturated rings. The molecule has 0 spiro atoms. The molecule has 1 amide bonds. The molecule has 1 saturated heterocycles. The topological polar surface area (TPSA) is 36.4 Å². The number of benzene rings is 1. The van der Waals surface area contributed by atoms with E-state index in [-0.39, 0.29) is 11.9 Å². The quantitative estimate of drug-likeness (QED) is 0.803. The van der Waals surface area contributed by atoms with Crippen LogP contribution in [0.4, 0.5) is 5.69 Å². The second-order valence-electron chi connectivity index (χ2n) is 7.64. The second kappa shape index (κ2) is 8.35. The van der Waals surface area contributed by atoms with Gasteiger partial charge in [-0.05, 0) is 44.2 Å². The number of carbonyl (C=O) groups is 1.